The van der Waals surface area contributed by atoms with Crippen LogP contribution in [-0.4, -0.2) is 11.1 Å². The lowest BCUT2D eigenvalue weighted by molar-refractivity contribution is 0.242. The molecule has 1 atom stereocenters. The van der Waals surface area contributed by atoms with E-state index in [1.807, 2.05) is 52.0 Å². The molecule has 0 spiro atoms. The average molecular weight is 276 g/mol. The van der Waals surface area contributed by atoms with E-state index < -0.39 is 0 Å². The van der Waals surface area contributed by atoms with E-state index in [4.69, 9.17) is 10.5 Å². The monoisotopic (exact) mass is 276 g/mol. The molecule has 2 N–H and O–H groups in total. The standard InChI is InChI=1S/C15H20N2OS/c1-9(2)18-13-7-5-12(6-8-13)14(16)15-10(3)17-11(4)19-15/h5-9,14H,16H2,1-4H3. The molecule has 0 bridgehead atoms. The first kappa shape index (κ1) is 14.0. The molecule has 0 saturated heterocycles. The topological polar surface area (TPSA) is 48.1 Å². The van der Waals surface area contributed by atoms with Crippen LogP contribution in [0.5, 0.6) is 5.75 Å². The van der Waals surface area contributed by atoms with Crippen LogP contribution in [0.1, 0.15) is 41.0 Å². The Morgan fingerprint density at radius 1 is 1.16 bits per heavy atom. The predicted octanol–water partition coefficient (Wildman–Crippen LogP) is 3.60. The lowest BCUT2D eigenvalue weighted by Crippen LogP contribution is -2.11. The maximum absolute atomic E-state index is 6.31. The summed E-state index contributed by atoms with van der Waals surface area (Å²) in [6, 6.07) is 7.88. The highest BCUT2D eigenvalue weighted by Crippen LogP contribution is 2.29. The fourth-order valence-electron chi connectivity index (χ4n) is 2.01. The van der Waals surface area contributed by atoms with Crippen LogP contribution in [0.15, 0.2) is 24.3 Å². The molecule has 1 aromatic carbocycles. The molecule has 2 rings (SSSR count). The Hall–Kier alpha value is -1.39. The number of nitrogens with two attached hydrogens (primary N) is 1. The van der Waals surface area contributed by atoms with Crippen molar-refractivity contribution in [2.24, 2.45) is 5.73 Å². The van der Waals surface area contributed by atoms with Gasteiger partial charge in [-0.3, -0.25) is 0 Å². The largest absolute Gasteiger partial charge is 0.491 e. The van der Waals surface area contributed by atoms with Gasteiger partial charge in [0, 0.05) is 4.88 Å². The number of benzene rings is 1. The van der Waals surface area contributed by atoms with Gasteiger partial charge in [0.1, 0.15) is 5.75 Å². The third-order valence-corrected chi connectivity index (χ3v) is 3.99. The van der Waals surface area contributed by atoms with E-state index in [2.05, 4.69) is 4.98 Å². The summed E-state index contributed by atoms with van der Waals surface area (Å²) in [5.74, 6) is 0.878. The number of nitrogens with zero attached hydrogens (tertiary/aromatic N) is 1. The van der Waals surface area contributed by atoms with E-state index >= 15 is 0 Å². The van der Waals surface area contributed by atoms with Gasteiger partial charge in [-0.25, -0.2) is 4.98 Å². The first-order chi connectivity index (χ1) is 8.97. The predicted molar refractivity (Wildman–Crippen MR) is 79.8 cm³/mol. The molecule has 19 heavy (non-hydrogen) atoms. The van der Waals surface area contributed by atoms with Gasteiger partial charge < -0.3 is 10.5 Å². The van der Waals surface area contributed by atoms with Crippen LogP contribution in [-0.2, 0) is 0 Å². The molecule has 4 heteroatoms. The van der Waals surface area contributed by atoms with Crippen molar-refractivity contribution in [1.29, 1.82) is 0 Å². The number of aromatic nitrogens is 1. The smallest absolute Gasteiger partial charge is 0.119 e. The fraction of sp³-hybridized carbons (Fsp3) is 0.400. The van der Waals surface area contributed by atoms with Gasteiger partial charge in [0.05, 0.1) is 22.8 Å². The Morgan fingerprint density at radius 3 is 2.26 bits per heavy atom. The van der Waals surface area contributed by atoms with E-state index in [1.54, 1.807) is 11.3 Å². The van der Waals surface area contributed by atoms with Gasteiger partial charge in [-0.15, -0.1) is 11.3 Å². The van der Waals surface area contributed by atoms with Crippen molar-refractivity contribution < 1.29 is 4.74 Å². The molecule has 1 aromatic heterocycles. The Morgan fingerprint density at radius 2 is 1.79 bits per heavy atom. The van der Waals surface area contributed by atoms with Gasteiger partial charge >= 0.3 is 0 Å². The summed E-state index contributed by atoms with van der Waals surface area (Å²) < 4.78 is 5.63. The van der Waals surface area contributed by atoms with Gasteiger partial charge in [0.2, 0.25) is 0 Å². The van der Waals surface area contributed by atoms with Crippen molar-refractivity contribution in [2.75, 3.05) is 0 Å². The summed E-state index contributed by atoms with van der Waals surface area (Å²) in [6.45, 7) is 8.05. The quantitative estimate of drug-likeness (QED) is 0.928. The highest BCUT2D eigenvalue weighted by atomic mass is 32.1. The van der Waals surface area contributed by atoms with E-state index in [9.17, 15) is 0 Å². The summed E-state index contributed by atoms with van der Waals surface area (Å²) in [5, 5.41) is 1.06. The fourth-order valence-corrected chi connectivity index (χ4v) is 2.97. The van der Waals surface area contributed by atoms with E-state index in [1.165, 1.54) is 0 Å². The molecule has 0 aliphatic carbocycles. The van der Waals surface area contributed by atoms with Gasteiger partial charge in [0.15, 0.2) is 0 Å². The molecule has 0 saturated carbocycles. The second-order valence-electron chi connectivity index (χ2n) is 4.90. The van der Waals surface area contributed by atoms with Crippen LogP contribution in [0.2, 0.25) is 0 Å². The van der Waals surface area contributed by atoms with Gasteiger partial charge in [-0.05, 0) is 45.4 Å². The third kappa shape index (κ3) is 3.33. The molecule has 0 radical (unpaired) electrons. The van der Waals surface area contributed by atoms with Gasteiger partial charge in [-0.2, -0.15) is 0 Å². The molecule has 0 aliphatic rings. The second kappa shape index (κ2) is 5.72. The Bertz CT molecular complexity index is 546. The normalized spacial score (nSPS) is 12.7. The molecular formula is C15H20N2OS. The van der Waals surface area contributed by atoms with Gasteiger partial charge in [-0.1, -0.05) is 12.1 Å². The van der Waals surface area contributed by atoms with Crippen molar-refractivity contribution in [1.82, 2.24) is 4.98 Å². The lowest BCUT2D eigenvalue weighted by atomic mass is 10.1. The second-order valence-corrected chi connectivity index (χ2v) is 6.13. The maximum atomic E-state index is 6.31. The molecule has 2 aromatic rings. The Labute approximate surface area is 118 Å². The number of thiazole rings is 1. The summed E-state index contributed by atoms with van der Waals surface area (Å²) in [7, 11) is 0. The third-order valence-electron chi connectivity index (χ3n) is 2.83. The molecule has 3 nitrogen and oxygen atoms in total. The van der Waals surface area contributed by atoms with Crippen LogP contribution in [0.4, 0.5) is 0 Å². The average Bonchev–Trinajstić information content (AvgIpc) is 2.68. The summed E-state index contributed by atoms with van der Waals surface area (Å²) in [4.78, 5) is 5.56. The first-order valence-corrected chi connectivity index (χ1v) is 7.25. The molecule has 0 fully saturated rings. The lowest BCUT2D eigenvalue weighted by Gasteiger charge is -2.13. The number of rotatable bonds is 4. The molecule has 1 heterocycles. The molecule has 0 aliphatic heterocycles. The minimum Gasteiger partial charge on any atom is -0.491 e. The van der Waals surface area contributed by atoms with Crippen molar-refractivity contribution >= 4 is 11.3 Å². The first-order valence-electron chi connectivity index (χ1n) is 6.43. The highest BCUT2D eigenvalue weighted by molar-refractivity contribution is 7.11. The van der Waals surface area contributed by atoms with Crippen molar-refractivity contribution in [3.8, 4) is 5.75 Å². The van der Waals surface area contributed by atoms with Crippen molar-refractivity contribution in [3.05, 3.63) is 45.4 Å². The van der Waals surface area contributed by atoms with Crippen LogP contribution in [0.25, 0.3) is 0 Å². The van der Waals surface area contributed by atoms with Crippen LogP contribution in [0.3, 0.4) is 0 Å². The minimum atomic E-state index is -0.112. The highest BCUT2D eigenvalue weighted by Gasteiger charge is 2.15. The van der Waals surface area contributed by atoms with Crippen LogP contribution in [0, 0.1) is 13.8 Å². The van der Waals surface area contributed by atoms with Crippen LogP contribution >= 0.6 is 11.3 Å². The summed E-state index contributed by atoms with van der Waals surface area (Å²) in [5.41, 5.74) is 8.42. The molecule has 102 valence electrons. The maximum Gasteiger partial charge on any atom is 0.119 e. The Balaban J connectivity index is 2.20. The molecule has 1 unspecified atom stereocenters. The van der Waals surface area contributed by atoms with E-state index in [0.29, 0.717) is 0 Å². The number of ether oxygens (including phenoxy) is 1. The zero-order valence-corrected chi connectivity index (χ0v) is 12.6. The van der Waals surface area contributed by atoms with Crippen molar-refractivity contribution in [2.45, 2.75) is 39.8 Å². The van der Waals surface area contributed by atoms with E-state index in [0.717, 1.165) is 26.9 Å². The summed E-state index contributed by atoms with van der Waals surface area (Å²) in [6.07, 6.45) is 0.186. The van der Waals surface area contributed by atoms with E-state index in [-0.39, 0.29) is 12.1 Å². The number of hydrogen-bond acceptors (Lipinski definition) is 4. The minimum absolute atomic E-state index is 0.112. The van der Waals surface area contributed by atoms with Gasteiger partial charge in [0.25, 0.3) is 0 Å². The number of hydrogen-bond donors (Lipinski definition) is 1. The van der Waals surface area contributed by atoms with Crippen molar-refractivity contribution in [3.63, 3.8) is 0 Å². The SMILES string of the molecule is Cc1nc(C)c(C(N)c2ccc(OC(C)C)cc2)s1. The zero-order valence-electron chi connectivity index (χ0n) is 11.8. The number of aryl methyl sites for hydroxylation is 2. The Kier molecular flexibility index (Phi) is 4.22. The summed E-state index contributed by atoms with van der Waals surface area (Å²) >= 11 is 1.66. The van der Waals surface area contributed by atoms with Crippen LogP contribution < -0.4 is 10.5 Å². The molecule has 0 amide bonds. The molecular weight excluding hydrogens is 256 g/mol. The zero-order chi connectivity index (χ0) is 14.0.